The van der Waals surface area contributed by atoms with Crippen molar-refractivity contribution in [3.05, 3.63) is 65.2 Å². The van der Waals surface area contributed by atoms with Crippen molar-refractivity contribution in [3.63, 3.8) is 0 Å². The fourth-order valence-electron chi connectivity index (χ4n) is 1.87. The van der Waals surface area contributed by atoms with Gasteiger partial charge in [-0.2, -0.15) is 0 Å². The molecule has 0 aliphatic heterocycles. The van der Waals surface area contributed by atoms with Crippen LogP contribution >= 0.6 is 11.6 Å². The average Bonchev–Trinajstić information content (AvgIpc) is 2.52. The quantitative estimate of drug-likeness (QED) is 0.613. The zero-order valence-corrected chi connectivity index (χ0v) is 12.5. The summed E-state index contributed by atoms with van der Waals surface area (Å²) in [7, 11) is 0. The minimum Gasteiger partial charge on any atom is -0.461 e. The lowest BCUT2D eigenvalue weighted by Gasteiger charge is -2.07. The molecule has 0 aliphatic rings. The Morgan fingerprint density at radius 3 is 2.52 bits per heavy atom. The molecule has 4 heteroatoms. The van der Waals surface area contributed by atoms with Gasteiger partial charge in [0.05, 0.1) is 0 Å². The van der Waals surface area contributed by atoms with Gasteiger partial charge in [0.2, 0.25) is 0 Å². The highest BCUT2D eigenvalue weighted by Gasteiger charge is 2.05. The van der Waals surface area contributed by atoms with Crippen LogP contribution in [-0.2, 0) is 16.1 Å². The molecule has 2 aromatic carbocycles. The first kappa shape index (κ1) is 15.4. The average molecular weight is 304 g/mol. The molecule has 21 heavy (non-hydrogen) atoms. The highest BCUT2D eigenvalue weighted by atomic mass is 35.5. The van der Waals surface area contributed by atoms with Crippen molar-refractivity contribution in [2.24, 2.45) is 0 Å². The molecule has 0 radical (unpaired) electrons. The van der Waals surface area contributed by atoms with E-state index in [-0.39, 0.29) is 12.6 Å². The van der Waals surface area contributed by atoms with E-state index in [0.717, 1.165) is 24.2 Å². The molecule has 0 bridgehead atoms. The van der Waals surface area contributed by atoms with Gasteiger partial charge in [-0.3, -0.25) is 4.79 Å². The van der Waals surface area contributed by atoms with Crippen molar-refractivity contribution in [1.82, 2.24) is 0 Å². The molecule has 0 spiro atoms. The lowest BCUT2D eigenvalue weighted by Crippen LogP contribution is -2.08. The maximum Gasteiger partial charge on any atom is 0.306 e. The lowest BCUT2D eigenvalue weighted by atomic mass is 10.2. The number of para-hydroxylation sites is 1. The second-order valence-corrected chi connectivity index (χ2v) is 5.06. The van der Waals surface area contributed by atoms with Crippen LogP contribution in [0.3, 0.4) is 0 Å². The Labute approximate surface area is 129 Å². The molecule has 2 rings (SSSR count). The molecular weight excluding hydrogens is 286 g/mol. The number of ether oxygens (including phenoxy) is 1. The Morgan fingerprint density at radius 1 is 1.05 bits per heavy atom. The van der Waals surface area contributed by atoms with Crippen LogP contribution < -0.4 is 5.32 Å². The van der Waals surface area contributed by atoms with Gasteiger partial charge in [-0.05, 0) is 24.6 Å². The maximum atomic E-state index is 11.6. The highest BCUT2D eigenvalue weighted by molar-refractivity contribution is 6.31. The monoisotopic (exact) mass is 303 g/mol. The molecular formula is C17H18ClNO2. The molecule has 0 aliphatic carbocycles. The van der Waals surface area contributed by atoms with E-state index in [1.54, 1.807) is 6.07 Å². The molecule has 0 saturated carbocycles. The standard InChI is InChI=1S/C17H18ClNO2/c18-16-10-5-4-7-14(16)13-21-17(20)11-6-12-19-15-8-2-1-3-9-15/h1-5,7-10,19H,6,11-13H2. The predicted octanol–water partition coefficient (Wildman–Crippen LogP) is 4.28. The van der Waals surface area contributed by atoms with Gasteiger partial charge in [-0.25, -0.2) is 0 Å². The third kappa shape index (κ3) is 5.48. The van der Waals surface area contributed by atoms with Gasteiger partial charge >= 0.3 is 5.97 Å². The van der Waals surface area contributed by atoms with E-state index < -0.39 is 0 Å². The summed E-state index contributed by atoms with van der Waals surface area (Å²) in [5.41, 5.74) is 1.89. The molecule has 110 valence electrons. The van der Waals surface area contributed by atoms with E-state index >= 15 is 0 Å². The first-order valence-corrected chi connectivity index (χ1v) is 7.31. The SMILES string of the molecule is O=C(CCCNc1ccccc1)OCc1ccccc1Cl. The molecule has 0 fully saturated rings. The summed E-state index contributed by atoms with van der Waals surface area (Å²) in [5.74, 6) is -0.204. The molecule has 2 aromatic rings. The Balaban J connectivity index is 1.63. The van der Waals surface area contributed by atoms with Crippen LogP contribution in [0.15, 0.2) is 54.6 Å². The smallest absolute Gasteiger partial charge is 0.306 e. The molecule has 0 unspecified atom stereocenters. The molecule has 0 heterocycles. The molecule has 3 nitrogen and oxygen atoms in total. The number of anilines is 1. The third-order valence-corrected chi connectivity index (χ3v) is 3.38. The van der Waals surface area contributed by atoms with Crippen molar-refractivity contribution in [2.75, 3.05) is 11.9 Å². The van der Waals surface area contributed by atoms with Gasteiger partial charge < -0.3 is 10.1 Å². The summed E-state index contributed by atoms with van der Waals surface area (Å²) in [5, 5.41) is 3.88. The van der Waals surface area contributed by atoms with Crippen LogP contribution in [-0.4, -0.2) is 12.5 Å². The summed E-state index contributed by atoms with van der Waals surface area (Å²) in [6, 6.07) is 17.3. The van der Waals surface area contributed by atoms with Crippen LogP contribution in [0.1, 0.15) is 18.4 Å². The largest absolute Gasteiger partial charge is 0.461 e. The van der Waals surface area contributed by atoms with Crippen molar-refractivity contribution >= 4 is 23.3 Å². The lowest BCUT2D eigenvalue weighted by molar-refractivity contribution is -0.145. The molecule has 0 saturated heterocycles. The first-order chi connectivity index (χ1) is 10.3. The zero-order chi connectivity index (χ0) is 14.9. The minimum absolute atomic E-state index is 0.204. The van der Waals surface area contributed by atoms with E-state index in [4.69, 9.17) is 16.3 Å². The van der Waals surface area contributed by atoms with E-state index in [9.17, 15) is 4.79 Å². The van der Waals surface area contributed by atoms with Gasteiger partial charge in [0.1, 0.15) is 6.61 Å². The number of carbonyl (C=O) groups excluding carboxylic acids is 1. The minimum atomic E-state index is -0.204. The van der Waals surface area contributed by atoms with Crippen LogP contribution in [0.4, 0.5) is 5.69 Å². The van der Waals surface area contributed by atoms with Gasteiger partial charge in [0.25, 0.3) is 0 Å². The zero-order valence-electron chi connectivity index (χ0n) is 11.7. The summed E-state index contributed by atoms with van der Waals surface area (Å²) in [4.78, 5) is 11.6. The van der Waals surface area contributed by atoms with Crippen molar-refractivity contribution in [3.8, 4) is 0 Å². The predicted molar refractivity (Wildman–Crippen MR) is 85.4 cm³/mol. The molecule has 0 aromatic heterocycles. The third-order valence-electron chi connectivity index (χ3n) is 3.01. The van der Waals surface area contributed by atoms with Gasteiger partial charge in [0, 0.05) is 29.2 Å². The van der Waals surface area contributed by atoms with Gasteiger partial charge in [-0.15, -0.1) is 0 Å². The Hall–Kier alpha value is -2.00. The van der Waals surface area contributed by atoms with Crippen molar-refractivity contribution in [1.29, 1.82) is 0 Å². The molecule has 0 amide bonds. The van der Waals surface area contributed by atoms with Crippen LogP contribution in [0, 0.1) is 0 Å². The number of benzene rings is 2. The number of esters is 1. The Bertz CT molecular complexity index is 572. The van der Waals surface area contributed by atoms with Crippen molar-refractivity contribution in [2.45, 2.75) is 19.4 Å². The topological polar surface area (TPSA) is 38.3 Å². The Kier molecular flexibility index (Phi) is 6.10. The first-order valence-electron chi connectivity index (χ1n) is 6.93. The summed E-state index contributed by atoms with van der Waals surface area (Å²) >= 11 is 6.00. The van der Waals surface area contributed by atoms with Crippen molar-refractivity contribution < 1.29 is 9.53 Å². The molecule has 1 N–H and O–H groups in total. The normalized spacial score (nSPS) is 10.1. The number of halogens is 1. The fraction of sp³-hybridized carbons (Fsp3) is 0.235. The number of hydrogen-bond donors (Lipinski definition) is 1. The van der Waals surface area contributed by atoms with E-state index in [1.165, 1.54) is 0 Å². The van der Waals surface area contributed by atoms with Crippen LogP contribution in [0.25, 0.3) is 0 Å². The number of nitrogens with one attached hydrogen (secondary N) is 1. The van der Waals surface area contributed by atoms with Gasteiger partial charge in [0.15, 0.2) is 0 Å². The number of carbonyl (C=O) groups is 1. The number of hydrogen-bond acceptors (Lipinski definition) is 3. The van der Waals surface area contributed by atoms with Gasteiger partial charge in [-0.1, -0.05) is 48.0 Å². The number of rotatable bonds is 7. The summed E-state index contributed by atoms with van der Waals surface area (Å²) < 4.78 is 5.21. The maximum absolute atomic E-state index is 11.6. The second-order valence-electron chi connectivity index (χ2n) is 4.65. The summed E-state index contributed by atoms with van der Waals surface area (Å²) in [6.07, 6.45) is 1.13. The summed E-state index contributed by atoms with van der Waals surface area (Å²) in [6.45, 7) is 0.968. The molecule has 0 atom stereocenters. The fourth-order valence-corrected chi connectivity index (χ4v) is 2.06. The van der Waals surface area contributed by atoms with E-state index in [1.807, 2.05) is 48.5 Å². The highest BCUT2D eigenvalue weighted by Crippen LogP contribution is 2.16. The second kappa shape index (κ2) is 8.32. The Morgan fingerprint density at radius 2 is 1.76 bits per heavy atom. The van der Waals surface area contributed by atoms with E-state index in [2.05, 4.69) is 5.32 Å². The van der Waals surface area contributed by atoms with E-state index in [0.29, 0.717) is 11.4 Å². The van der Waals surface area contributed by atoms with Crippen LogP contribution in [0.5, 0.6) is 0 Å². The van der Waals surface area contributed by atoms with Crippen LogP contribution in [0.2, 0.25) is 5.02 Å².